The molecule has 8 heteroatoms. The number of halogens is 4. The van der Waals surface area contributed by atoms with E-state index >= 15 is 0 Å². The number of aromatic carboxylic acids is 1. The highest BCUT2D eigenvalue weighted by atomic mass is 19.4. The molecule has 0 aliphatic carbocycles. The van der Waals surface area contributed by atoms with Gasteiger partial charge in [-0.25, -0.2) is 14.2 Å². The Kier molecular flexibility index (Phi) is 3.79. The highest BCUT2D eigenvalue weighted by Gasteiger charge is 2.32. The lowest BCUT2D eigenvalue weighted by Crippen LogP contribution is -2.08. The molecule has 0 fully saturated rings. The van der Waals surface area contributed by atoms with Gasteiger partial charge in [0, 0.05) is 0 Å². The van der Waals surface area contributed by atoms with Gasteiger partial charge < -0.3 is 10.4 Å². The van der Waals surface area contributed by atoms with E-state index in [0.717, 1.165) is 18.3 Å². The number of rotatable bonds is 3. The number of hydrogen-bond donors (Lipinski definition) is 2. The van der Waals surface area contributed by atoms with Crippen LogP contribution in [0.3, 0.4) is 0 Å². The summed E-state index contributed by atoms with van der Waals surface area (Å²) in [5.41, 5.74) is -1.74. The first-order valence-electron chi connectivity index (χ1n) is 5.61. The van der Waals surface area contributed by atoms with Crippen LogP contribution in [-0.4, -0.2) is 16.1 Å². The number of pyridine rings is 1. The van der Waals surface area contributed by atoms with Crippen molar-refractivity contribution in [3.63, 3.8) is 0 Å². The maximum Gasteiger partial charge on any atom is 0.433 e. The molecule has 21 heavy (non-hydrogen) atoms. The van der Waals surface area contributed by atoms with Crippen LogP contribution < -0.4 is 5.32 Å². The Hall–Kier alpha value is -2.64. The minimum Gasteiger partial charge on any atom is -0.478 e. The summed E-state index contributed by atoms with van der Waals surface area (Å²) in [5.74, 6) is -2.20. The van der Waals surface area contributed by atoms with Gasteiger partial charge in [-0.3, -0.25) is 0 Å². The zero-order chi connectivity index (χ0) is 15.6. The predicted molar refractivity (Wildman–Crippen MR) is 65.9 cm³/mol. The van der Waals surface area contributed by atoms with E-state index in [2.05, 4.69) is 10.3 Å². The largest absolute Gasteiger partial charge is 0.478 e. The Bertz CT molecular complexity index is 669. The maximum atomic E-state index is 13.6. The van der Waals surface area contributed by atoms with E-state index in [1.54, 1.807) is 0 Å². The summed E-state index contributed by atoms with van der Waals surface area (Å²) in [6, 6.07) is 5.17. The number of nitrogens with zero attached hydrogens (tertiary/aromatic N) is 1. The monoisotopic (exact) mass is 300 g/mol. The summed E-state index contributed by atoms with van der Waals surface area (Å²) < 4.78 is 50.7. The fourth-order valence-corrected chi connectivity index (χ4v) is 1.61. The van der Waals surface area contributed by atoms with Gasteiger partial charge in [0.2, 0.25) is 0 Å². The van der Waals surface area contributed by atoms with E-state index in [1.165, 1.54) is 12.1 Å². The van der Waals surface area contributed by atoms with Crippen molar-refractivity contribution in [2.45, 2.75) is 6.18 Å². The molecular formula is C13H8F4N2O2. The van der Waals surface area contributed by atoms with E-state index in [0.29, 0.717) is 6.07 Å². The first-order valence-corrected chi connectivity index (χ1v) is 5.61. The molecule has 0 aliphatic heterocycles. The van der Waals surface area contributed by atoms with Gasteiger partial charge in [-0.05, 0) is 24.3 Å². The van der Waals surface area contributed by atoms with Crippen LogP contribution in [0.1, 0.15) is 16.1 Å². The lowest BCUT2D eigenvalue weighted by Gasteiger charge is -2.11. The minimum atomic E-state index is -4.58. The van der Waals surface area contributed by atoms with Crippen molar-refractivity contribution in [3.8, 4) is 0 Å². The van der Waals surface area contributed by atoms with Crippen molar-refractivity contribution < 1.29 is 27.5 Å². The normalized spacial score (nSPS) is 11.2. The molecule has 0 spiro atoms. The smallest absolute Gasteiger partial charge is 0.433 e. The van der Waals surface area contributed by atoms with Crippen LogP contribution in [0.2, 0.25) is 0 Å². The molecule has 0 unspecified atom stereocenters. The van der Waals surface area contributed by atoms with Gasteiger partial charge in [-0.1, -0.05) is 6.07 Å². The summed E-state index contributed by atoms with van der Waals surface area (Å²) in [4.78, 5) is 14.2. The van der Waals surface area contributed by atoms with Crippen molar-refractivity contribution in [3.05, 3.63) is 53.6 Å². The third kappa shape index (κ3) is 3.28. The van der Waals surface area contributed by atoms with E-state index in [1.807, 2.05) is 0 Å². The number of aromatic nitrogens is 1. The van der Waals surface area contributed by atoms with Gasteiger partial charge in [0.05, 0.1) is 23.1 Å². The van der Waals surface area contributed by atoms with E-state index in [4.69, 9.17) is 5.11 Å². The molecule has 0 aliphatic rings. The molecule has 110 valence electrons. The zero-order valence-electron chi connectivity index (χ0n) is 10.3. The lowest BCUT2D eigenvalue weighted by molar-refractivity contribution is -0.141. The predicted octanol–water partition coefficient (Wildman–Crippen LogP) is 3.68. The zero-order valence-corrected chi connectivity index (χ0v) is 10.3. The average Bonchev–Trinajstić information content (AvgIpc) is 2.40. The lowest BCUT2D eigenvalue weighted by atomic mass is 10.1. The average molecular weight is 300 g/mol. The summed E-state index contributed by atoms with van der Waals surface area (Å²) in [6.07, 6.45) is -3.73. The van der Waals surface area contributed by atoms with Gasteiger partial charge in [0.25, 0.3) is 0 Å². The summed E-state index contributed by atoms with van der Waals surface area (Å²) >= 11 is 0. The molecule has 2 rings (SSSR count). The molecule has 2 aromatic rings. The second kappa shape index (κ2) is 5.39. The van der Waals surface area contributed by atoms with Crippen LogP contribution >= 0.6 is 0 Å². The topological polar surface area (TPSA) is 62.2 Å². The number of hydrogen-bond acceptors (Lipinski definition) is 3. The highest BCUT2D eigenvalue weighted by Crippen LogP contribution is 2.29. The fraction of sp³-hybridized carbons (Fsp3) is 0.0769. The Morgan fingerprint density at radius 3 is 2.43 bits per heavy atom. The standard InChI is InChI=1S/C13H8F4N2O2/c14-9-3-1-2-8(12(20)21)11(9)19-7-4-5-10(18-6-7)13(15,16)17/h1-6,19H,(H,20,21). The summed E-state index contributed by atoms with van der Waals surface area (Å²) in [5, 5.41) is 11.4. The molecule has 0 saturated carbocycles. The number of para-hydroxylation sites is 1. The van der Waals surface area contributed by atoms with Crippen molar-refractivity contribution in [1.29, 1.82) is 0 Å². The number of anilines is 2. The van der Waals surface area contributed by atoms with E-state index in [-0.39, 0.29) is 16.9 Å². The molecule has 0 amide bonds. The first kappa shape index (κ1) is 14.8. The molecule has 1 aromatic carbocycles. The first-order chi connectivity index (χ1) is 9.79. The third-order valence-electron chi connectivity index (χ3n) is 2.57. The van der Waals surface area contributed by atoms with Crippen molar-refractivity contribution in [2.75, 3.05) is 5.32 Å². The number of benzene rings is 1. The van der Waals surface area contributed by atoms with Crippen LogP contribution in [0.25, 0.3) is 0 Å². The number of alkyl halides is 3. The molecule has 0 bridgehead atoms. The molecular weight excluding hydrogens is 292 g/mol. The second-order valence-electron chi connectivity index (χ2n) is 4.02. The van der Waals surface area contributed by atoms with Crippen molar-refractivity contribution in [1.82, 2.24) is 4.98 Å². The van der Waals surface area contributed by atoms with E-state index < -0.39 is 23.7 Å². The van der Waals surface area contributed by atoms with Gasteiger partial charge in [0.1, 0.15) is 11.5 Å². The van der Waals surface area contributed by atoms with Crippen LogP contribution in [0.5, 0.6) is 0 Å². The quantitative estimate of drug-likeness (QED) is 0.849. The van der Waals surface area contributed by atoms with Gasteiger partial charge in [-0.2, -0.15) is 13.2 Å². The molecule has 2 N–H and O–H groups in total. The number of carboxylic acids is 1. The minimum absolute atomic E-state index is 0.0376. The van der Waals surface area contributed by atoms with Gasteiger partial charge in [-0.15, -0.1) is 0 Å². The van der Waals surface area contributed by atoms with Crippen LogP contribution in [0.4, 0.5) is 28.9 Å². The maximum absolute atomic E-state index is 13.6. The highest BCUT2D eigenvalue weighted by molar-refractivity contribution is 5.95. The summed E-state index contributed by atoms with van der Waals surface area (Å²) in [6.45, 7) is 0. The van der Waals surface area contributed by atoms with Crippen molar-refractivity contribution in [2.24, 2.45) is 0 Å². The molecule has 1 aromatic heterocycles. The Morgan fingerprint density at radius 1 is 1.19 bits per heavy atom. The van der Waals surface area contributed by atoms with E-state index in [9.17, 15) is 22.4 Å². The summed E-state index contributed by atoms with van der Waals surface area (Å²) in [7, 11) is 0. The number of carbonyl (C=O) groups is 1. The third-order valence-corrected chi connectivity index (χ3v) is 2.57. The van der Waals surface area contributed by atoms with Gasteiger partial charge >= 0.3 is 12.1 Å². The molecule has 0 saturated heterocycles. The van der Waals surface area contributed by atoms with Crippen LogP contribution in [0, 0.1) is 5.82 Å². The van der Waals surface area contributed by atoms with Gasteiger partial charge in [0.15, 0.2) is 0 Å². The number of carboxylic acid groups (broad SMARTS) is 1. The Labute approximate surface area is 116 Å². The Balaban J connectivity index is 2.33. The van der Waals surface area contributed by atoms with Crippen molar-refractivity contribution >= 4 is 17.3 Å². The Morgan fingerprint density at radius 2 is 1.90 bits per heavy atom. The molecule has 1 heterocycles. The molecule has 0 atom stereocenters. The molecule has 4 nitrogen and oxygen atoms in total. The fourth-order valence-electron chi connectivity index (χ4n) is 1.61. The second-order valence-corrected chi connectivity index (χ2v) is 4.02. The van der Waals surface area contributed by atoms with Crippen LogP contribution in [0.15, 0.2) is 36.5 Å². The SMILES string of the molecule is O=C(O)c1cccc(F)c1Nc1ccc(C(F)(F)F)nc1. The molecule has 0 radical (unpaired) electrons. The van der Waals surface area contributed by atoms with Crippen LogP contribution in [-0.2, 0) is 6.18 Å². The number of nitrogens with one attached hydrogen (secondary N) is 1.